The monoisotopic (exact) mass is 230 g/mol. The van der Waals surface area contributed by atoms with Crippen LogP contribution in [0, 0.1) is 6.92 Å². The summed E-state index contributed by atoms with van der Waals surface area (Å²) in [5.41, 5.74) is 8.52. The minimum absolute atomic E-state index is 0.738. The third-order valence-electron chi connectivity index (χ3n) is 2.38. The van der Waals surface area contributed by atoms with Crippen molar-refractivity contribution in [1.29, 1.82) is 0 Å². The average molecular weight is 230 g/mol. The number of rotatable bonds is 1. The number of hydrogen-bond donors (Lipinski definition) is 1. The third kappa shape index (κ3) is 1.37. The number of nitrogen functional groups attached to an aromatic ring is 1. The van der Waals surface area contributed by atoms with Crippen molar-refractivity contribution in [1.82, 2.24) is 14.8 Å². The molecule has 0 aliphatic heterocycles. The number of nitrogens with two attached hydrogens (primary N) is 1. The highest BCUT2D eigenvalue weighted by molar-refractivity contribution is 7.12. The average Bonchev–Trinajstić information content (AvgIpc) is 2.83. The molecule has 16 heavy (non-hydrogen) atoms. The molecule has 2 aromatic heterocycles. The van der Waals surface area contributed by atoms with Gasteiger partial charge in [0.15, 0.2) is 0 Å². The van der Waals surface area contributed by atoms with E-state index < -0.39 is 0 Å². The van der Waals surface area contributed by atoms with Gasteiger partial charge in [-0.15, -0.1) is 11.3 Å². The van der Waals surface area contributed by atoms with Crippen LogP contribution < -0.4 is 5.73 Å². The van der Waals surface area contributed by atoms with E-state index in [9.17, 15) is 0 Å². The Labute approximate surface area is 96.3 Å². The summed E-state index contributed by atoms with van der Waals surface area (Å²) >= 11 is 1.58. The molecule has 2 N–H and O–H groups in total. The summed E-state index contributed by atoms with van der Waals surface area (Å²) in [6.45, 7) is 1.97. The molecule has 0 aliphatic rings. The van der Waals surface area contributed by atoms with Crippen molar-refractivity contribution in [2.45, 2.75) is 6.92 Å². The van der Waals surface area contributed by atoms with E-state index in [1.54, 1.807) is 11.3 Å². The topological polar surface area (TPSA) is 56.7 Å². The van der Waals surface area contributed by atoms with Gasteiger partial charge in [-0.1, -0.05) is 0 Å². The van der Waals surface area contributed by atoms with Crippen LogP contribution in [0.25, 0.3) is 16.0 Å². The second-order valence-corrected chi connectivity index (χ2v) is 4.48. The fourth-order valence-electron chi connectivity index (χ4n) is 1.63. The molecule has 80 valence electrons. The highest BCUT2D eigenvalue weighted by atomic mass is 32.1. The summed E-state index contributed by atoms with van der Waals surface area (Å²) in [7, 11) is 0. The van der Waals surface area contributed by atoms with E-state index in [1.807, 2.05) is 41.4 Å². The van der Waals surface area contributed by atoms with Crippen LogP contribution in [0.1, 0.15) is 5.69 Å². The summed E-state index contributed by atoms with van der Waals surface area (Å²) in [6, 6.07) is 5.76. The van der Waals surface area contributed by atoms with Gasteiger partial charge in [0.2, 0.25) is 5.13 Å². The van der Waals surface area contributed by atoms with Gasteiger partial charge in [-0.25, -0.2) is 9.67 Å². The normalized spacial score (nSPS) is 11.1. The Morgan fingerprint density at radius 2 is 2.25 bits per heavy atom. The molecule has 0 bridgehead atoms. The number of anilines is 1. The molecule has 3 rings (SSSR count). The Hall–Kier alpha value is -1.88. The van der Waals surface area contributed by atoms with Crippen molar-refractivity contribution in [2.24, 2.45) is 0 Å². The van der Waals surface area contributed by atoms with Crippen LogP contribution in [-0.4, -0.2) is 14.8 Å². The zero-order chi connectivity index (χ0) is 11.1. The number of aryl methyl sites for hydroxylation is 1. The molecular weight excluding hydrogens is 220 g/mol. The lowest BCUT2D eigenvalue weighted by Crippen LogP contribution is -1.95. The largest absolute Gasteiger partial charge is 0.399 e. The summed E-state index contributed by atoms with van der Waals surface area (Å²) in [6.07, 6.45) is 1.82. The Balaban J connectivity index is 2.27. The maximum absolute atomic E-state index is 5.78. The molecular formula is C11H10N4S. The minimum atomic E-state index is 0.738. The zero-order valence-corrected chi connectivity index (χ0v) is 9.53. The summed E-state index contributed by atoms with van der Waals surface area (Å²) in [4.78, 5) is 4.41. The second-order valence-electron chi connectivity index (χ2n) is 3.65. The third-order valence-corrected chi connectivity index (χ3v) is 3.32. The molecule has 0 saturated carbocycles. The lowest BCUT2D eigenvalue weighted by atomic mass is 10.2. The Morgan fingerprint density at radius 3 is 3.00 bits per heavy atom. The fourth-order valence-corrected chi connectivity index (χ4v) is 2.40. The lowest BCUT2D eigenvalue weighted by molar-refractivity contribution is 0.894. The molecule has 3 aromatic rings. The predicted molar refractivity (Wildman–Crippen MR) is 65.9 cm³/mol. The number of hydrogen-bond acceptors (Lipinski definition) is 4. The van der Waals surface area contributed by atoms with Crippen molar-refractivity contribution in [3.8, 4) is 5.13 Å². The van der Waals surface area contributed by atoms with E-state index in [1.165, 1.54) is 0 Å². The zero-order valence-electron chi connectivity index (χ0n) is 8.71. The van der Waals surface area contributed by atoms with Gasteiger partial charge in [0.1, 0.15) is 0 Å². The van der Waals surface area contributed by atoms with Crippen molar-refractivity contribution in [2.75, 3.05) is 5.73 Å². The first-order valence-electron chi connectivity index (χ1n) is 4.90. The summed E-state index contributed by atoms with van der Waals surface area (Å²) in [5.74, 6) is 0. The number of fused-ring (bicyclic) bond motifs is 1. The molecule has 4 nitrogen and oxygen atoms in total. The lowest BCUT2D eigenvalue weighted by Gasteiger charge is -1.98. The van der Waals surface area contributed by atoms with Crippen LogP contribution in [0.3, 0.4) is 0 Å². The quantitative estimate of drug-likeness (QED) is 0.653. The number of nitrogens with zero attached hydrogens (tertiary/aromatic N) is 3. The van der Waals surface area contributed by atoms with Crippen molar-refractivity contribution >= 4 is 27.9 Å². The summed E-state index contributed by atoms with van der Waals surface area (Å²) in [5, 5.41) is 8.28. The van der Waals surface area contributed by atoms with Crippen LogP contribution in [0.2, 0.25) is 0 Å². The molecule has 0 fully saturated rings. The first-order valence-corrected chi connectivity index (χ1v) is 5.78. The van der Waals surface area contributed by atoms with Crippen LogP contribution in [-0.2, 0) is 0 Å². The van der Waals surface area contributed by atoms with Gasteiger partial charge in [-0.05, 0) is 25.1 Å². The highest BCUT2D eigenvalue weighted by Gasteiger charge is 2.07. The van der Waals surface area contributed by atoms with Gasteiger partial charge in [-0.2, -0.15) is 5.10 Å². The van der Waals surface area contributed by atoms with Gasteiger partial charge in [-0.3, -0.25) is 0 Å². The van der Waals surface area contributed by atoms with Gasteiger partial charge >= 0.3 is 0 Å². The molecule has 2 heterocycles. The minimum Gasteiger partial charge on any atom is -0.399 e. The first-order chi connectivity index (χ1) is 7.74. The molecule has 0 unspecified atom stereocenters. The van der Waals surface area contributed by atoms with Crippen molar-refractivity contribution in [3.05, 3.63) is 35.5 Å². The Morgan fingerprint density at radius 1 is 1.38 bits per heavy atom. The summed E-state index contributed by atoms with van der Waals surface area (Å²) < 4.78 is 1.82. The Kier molecular flexibility index (Phi) is 1.94. The molecule has 0 amide bonds. The van der Waals surface area contributed by atoms with Crippen LogP contribution in [0.15, 0.2) is 29.8 Å². The molecule has 5 heteroatoms. The van der Waals surface area contributed by atoms with Gasteiger partial charge in [0.05, 0.1) is 17.4 Å². The fraction of sp³-hybridized carbons (Fsp3) is 0.0909. The smallest absolute Gasteiger partial charge is 0.211 e. The molecule has 0 aliphatic carbocycles. The van der Waals surface area contributed by atoms with E-state index in [2.05, 4.69) is 10.1 Å². The molecule has 0 saturated heterocycles. The van der Waals surface area contributed by atoms with Gasteiger partial charge < -0.3 is 5.73 Å². The van der Waals surface area contributed by atoms with Crippen LogP contribution >= 0.6 is 11.3 Å². The number of benzene rings is 1. The Bertz CT molecular complexity index is 653. The number of thiazole rings is 1. The maximum atomic E-state index is 5.78. The van der Waals surface area contributed by atoms with Gasteiger partial charge in [0, 0.05) is 16.5 Å². The number of aromatic nitrogens is 3. The highest BCUT2D eigenvalue weighted by Crippen LogP contribution is 2.22. The van der Waals surface area contributed by atoms with Crippen molar-refractivity contribution < 1.29 is 0 Å². The van der Waals surface area contributed by atoms with E-state index in [0.717, 1.165) is 27.4 Å². The standard InChI is InChI=1S/C11H10N4S/c1-7-6-16-11(14-7)15-10-4-9(12)3-2-8(10)5-13-15/h2-6H,12H2,1H3. The molecule has 0 radical (unpaired) electrons. The van der Waals surface area contributed by atoms with E-state index in [-0.39, 0.29) is 0 Å². The molecule has 0 atom stereocenters. The van der Waals surface area contributed by atoms with E-state index >= 15 is 0 Å². The SMILES string of the molecule is Cc1csc(-n2ncc3ccc(N)cc32)n1. The molecule has 1 aromatic carbocycles. The molecule has 0 spiro atoms. The second kappa shape index (κ2) is 3.31. The maximum Gasteiger partial charge on any atom is 0.211 e. The first kappa shape index (κ1) is 9.35. The van der Waals surface area contributed by atoms with E-state index in [0.29, 0.717) is 0 Å². The van der Waals surface area contributed by atoms with Gasteiger partial charge in [0.25, 0.3) is 0 Å². The van der Waals surface area contributed by atoms with Crippen LogP contribution in [0.4, 0.5) is 5.69 Å². The van der Waals surface area contributed by atoms with Crippen LogP contribution in [0.5, 0.6) is 0 Å². The van der Waals surface area contributed by atoms with E-state index in [4.69, 9.17) is 5.73 Å². The predicted octanol–water partition coefficient (Wildman–Crippen LogP) is 2.37. The van der Waals surface area contributed by atoms with Crippen molar-refractivity contribution in [3.63, 3.8) is 0 Å².